The van der Waals surface area contributed by atoms with Crippen molar-refractivity contribution >= 4 is 35.2 Å². The molecule has 0 saturated heterocycles. The summed E-state index contributed by atoms with van der Waals surface area (Å²) in [5.74, 6) is 0.440. The number of carbonyl (C=O) groups is 1. The van der Waals surface area contributed by atoms with Gasteiger partial charge in [0.1, 0.15) is 0 Å². The van der Waals surface area contributed by atoms with E-state index in [1.54, 1.807) is 0 Å². The van der Waals surface area contributed by atoms with Gasteiger partial charge in [-0.2, -0.15) is 5.10 Å². The Hall–Kier alpha value is -2.51. The van der Waals surface area contributed by atoms with Crippen molar-refractivity contribution in [1.82, 2.24) is 25.3 Å². The maximum absolute atomic E-state index is 12.1. The van der Waals surface area contributed by atoms with Crippen molar-refractivity contribution in [3.05, 3.63) is 36.4 Å². The average molecular weight is 361 g/mol. The van der Waals surface area contributed by atoms with Gasteiger partial charge in [0, 0.05) is 12.0 Å². The molecular weight excluding hydrogens is 340 g/mol. The van der Waals surface area contributed by atoms with Crippen LogP contribution in [0.25, 0.3) is 22.3 Å². The number of rotatable bonds is 6. The lowest BCUT2D eigenvalue weighted by atomic mass is 10.1. The van der Waals surface area contributed by atoms with E-state index in [1.165, 1.54) is 0 Å². The third kappa shape index (κ3) is 4.74. The number of hydrogen-bond donors (Lipinski definition) is 2. The fourth-order valence-electron chi connectivity index (χ4n) is 2.42. The van der Waals surface area contributed by atoms with Crippen molar-refractivity contribution in [2.75, 3.05) is 26.0 Å². The first-order chi connectivity index (χ1) is 11.6. The number of amides is 1. The van der Waals surface area contributed by atoms with Gasteiger partial charge in [-0.25, -0.2) is 0 Å². The molecule has 0 aliphatic rings. The minimum atomic E-state index is -0.0525. The first-order valence-electron chi connectivity index (χ1n) is 7.85. The summed E-state index contributed by atoms with van der Waals surface area (Å²) >= 11 is 0. The number of hydrogen-bond acceptors (Lipinski definition) is 5. The Kier molecular flexibility index (Phi) is 6.44. The molecule has 3 aromatic rings. The quantitative estimate of drug-likeness (QED) is 0.705. The van der Waals surface area contributed by atoms with Crippen LogP contribution in [0.3, 0.4) is 0 Å². The van der Waals surface area contributed by atoms with Gasteiger partial charge in [-0.15, -0.1) is 22.6 Å². The third-order valence-corrected chi connectivity index (χ3v) is 3.66. The smallest absolute Gasteiger partial charge is 0.225 e. The van der Waals surface area contributed by atoms with Gasteiger partial charge in [0.2, 0.25) is 5.91 Å². The lowest BCUT2D eigenvalue weighted by Crippen LogP contribution is -2.17. The predicted molar refractivity (Wildman–Crippen MR) is 101 cm³/mol. The molecule has 0 atom stereocenters. The van der Waals surface area contributed by atoms with Crippen LogP contribution in [0.15, 0.2) is 36.4 Å². The Balaban J connectivity index is 0.00000225. The number of fused-ring (bicyclic) bond motifs is 1. The lowest BCUT2D eigenvalue weighted by Gasteiger charge is -2.08. The number of aromatic amines is 1. The highest BCUT2D eigenvalue weighted by atomic mass is 35.5. The normalized spacial score (nSPS) is 10.7. The molecule has 0 unspecified atom stereocenters. The van der Waals surface area contributed by atoms with Crippen LogP contribution in [0.1, 0.15) is 12.8 Å². The lowest BCUT2D eigenvalue weighted by molar-refractivity contribution is -0.116. The van der Waals surface area contributed by atoms with Crippen LogP contribution >= 0.6 is 12.4 Å². The third-order valence-electron chi connectivity index (χ3n) is 3.66. The van der Waals surface area contributed by atoms with Crippen molar-refractivity contribution in [2.45, 2.75) is 12.8 Å². The highest BCUT2D eigenvalue weighted by molar-refractivity contribution is 5.99. The van der Waals surface area contributed by atoms with Crippen molar-refractivity contribution < 1.29 is 4.79 Å². The van der Waals surface area contributed by atoms with E-state index in [9.17, 15) is 4.79 Å². The van der Waals surface area contributed by atoms with Crippen molar-refractivity contribution in [3.63, 3.8) is 0 Å². The molecule has 1 amide bonds. The molecule has 7 nitrogen and oxygen atoms in total. The van der Waals surface area contributed by atoms with Crippen LogP contribution in [0.5, 0.6) is 0 Å². The number of halogens is 1. The molecule has 1 aromatic carbocycles. The van der Waals surface area contributed by atoms with Crippen LogP contribution in [0.2, 0.25) is 0 Å². The molecule has 2 N–H and O–H groups in total. The van der Waals surface area contributed by atoms with E-state index in [0.717, 1.165) is 29.6 Å². The molecule has 132 valence electrons. The minimum Gasteiger partial charge on any atom is -0.309 e. The number of aromatic nitrogens is 4. The van der Waals surface area contributed by atoms with E-state index in [1.807, 2.05) is 50.5 Å². The molecule has 3 rings (SSSR count). The maximum atomic E-state index is 12.1. The molecule has 2 heterocycles. The van der Waals surface area contributed by atoms with Gasteiger partial charge in [-0.3, -0.25) is 9.89 Å². The average Bonchev–Trinajstić information content (AvgIpc) is 2.97. The fraction of sp³-hybridized carbons (Fsp3) is 0.294. The molecule has 0 bridgehead atoms. The van der Waals surface area contributed by atoms with Gasteiger partial charge in [-0.1, -0.05) is 30.3 Å². The van der Waals surface area contributed by atoms with E-state index in [0.29, 0.717) is 17.9 Å². The Morgan fingerprint density at radius 1 is 1.20 bits per heavy atom. The summed E-state index contributed by atoms with van der Waals surface area (Å²) in [7, 11) is 3.98. The van der Waals surface area contributed by atoms with Crippen LogP contribution in [0.4, 0.5) is 5.82 Å². The summed E-state index contributed by atoms with van der Waals surface area (Å²) in [4.78, 5) is 14.1. The molecule has 8 heteroatoms. The largest absolute Gasteiger partial charge is 0.309 e. The van der Waals surface area contributed by atoms with Crippen LogP contribution in [0, 0.1) is 0 Å². The summed E-state index contributed by atoms with van der Waals surface area (Å²) in [5.41, 5.74) is 2.27. The molecule has 0 aliphatic carbocycles. The predicted octanol–water partition coefficient (Wildman–Crippen LogP) is 2.72. The first kappa shape index (κ1) is 18.8. The zero-order valence-electron chi connectivity index (χ0n) is 14.2. The molecule has 25 heavy (non-hydrogen) atoms. The van der Waals surface area contributed by atoms with Gasteiger partial charge in [0.15, 0.2) is 11.5 Å². The van der Waals surface area contributed by atoms with Gasteiger partial charge in [-0.05, 0) is 33.1 Å². The fourth-order valence-corrected chi connectivity index (χ4v) is 2.42. The monoisotopic (exact) mass is 360 g/mol. The zero-order chi connectivity index (χ0) is 16.9. The molecule has 0 aliphatic heterocycles. The molecular formula is C17H21ClN6O. The number of carbonyl (C=O) groups excluding carboxylic acids is 1. The van der Waals surface area contributed by atoms with E-state index >= 15 is 0 Å². The number of benzene rings is 1. The highest BCUT2D eigenvalue weighted by Gasteiger charge is 2.12. The van der Waals surface area contributed by atoms with E-state index in [-0.39, 0.29) is 18.3 Å². The second-order valence-corrected chi connectivity index (χ2v) is 5.89. The highest BCUT2D eigenvalue weighted by Crippen LogP contribution is 2.24. The van der Waals surface area contributed by atoms with Crippen molar-refractivity contribution in [3.8, 4) is 11.3 Å². The zero-order valence-corrected chi connectivity index (χ0v) is 15.0. The number of nitrogens with one attached hydrogen (secondary N) is 2. The molecule has 0 saturated carbocycles. The summed E-state index contributed by atoms with van der Waals surface area (Å²) in [5, 5.41) is 18.9. The maximum Gasteiger partial charge on any atom is 0.225 e. The Morgan fingerprint density at radius 3 is 2.68 bits per heavy atom. The summed E-state index contributed by atoms with van der Waals surface area (Å²) in [6.45, 7) is 0.873. The minimum absolute atomic E-state index is 0. The topological polar surface area (TPSA) is 86.8 Å². The van der Waals surface area contributed by atoms with E-state index in [2.05, 4.69) is 30.6 Å². The molecule has 2 aromatic heterocycles. The van der Waals surface area contributed by atoms with Crippen LogP contribution in [-0.2, 0) is 4.79 Å². The SMILES string of the molecule is CN(C)CCCC(=O)Nc1n[nH]c2nnc(-c3ccccc3)cc12.Cl. The van der Waals surface area contributed by atoms with Crippen molar-refractivity contribution in [2.24, 2.45) is 0 Å². The Labute approximate surface area is 152 Å². The number of nitrogens with zero attached hydrogens (tertiary/aromatic N) is 4. The van der Waals surface area contributed by atoms with E-state index < -0.39 is 0 Å². The van der Waals surface area contributed by atoms with Gasteiger partial charge < -0.3 is 10.2 Å². The Bertz CT molecular complexity index is 834. The molecule has 0 fully saturated rings. The molecule has 0 spiro atoms. The molecule has 0 radical (unpaired) electrons. The van der Waals surface area contributed by atoms with Gasteiger partial charge in [0.25, 0.3) is 0 Å². The number of anilines is 1. The van der Waals surface area contributed by atoms with Crippen LogP contribution in [-0.4, -0.2) is 51.8 Å². The summed E-state index contributed by atoms with van der Waals surface area (Å²) in [6, 6.07) is 11.7. The Morgan fingerprint density at radius 2 is 1.96 bits per heavy atom. The first-order valence-corrected chi connectivity index (χ1v) is 7.85. The second-order valence-electron chi connectivity index (χ2n) is 5.89. The van der Waals surface area contributed by atoms with Gasteiger partial charge >= 0.3 is 0 Å². The van der Waals surface area contributed by atoms with Crippen LogP contribution < -0.4 is 5.32 Å². The second kappa shape index (κ2) is 8.55. The van der Waals surface area contributed by atoms with Crippen molar-refractivity contribution in [1.29, 1.82) is 0 Å². The standard InChI is InChI=1S/C17H20N6O.ClH/c1-23(2)10-6-9-15(24)18-16-13-11-14(12-7-4-3-5-8-12)19-21-17(13)22-20-16;/h3-5,7-8,11H,6,9-10H2,1-2H3,(H2,18,20,21,22,24);1H. The summed E-state index contributed by atoms with van der Waals surface area (Å²) in [6.07, 6.45) is 1.26. The van der Waals surface area contributed by atoms with E-state index in [4.69, 9.17) is 0 Å². The number of H-pyrrole nitrogens is 1. The summed E-state index contributed by atoms with van der Waals surface area (Å²) < 4.78 is 0. The van der Waals surface area contributed by atoms with Gasteiger partial charge in [0.05, 0.1) is 11.1 Å².